The Morgan fingerprint density at radius 2 is 0.846 bits per heavy atom. The first-order valence-corrected chi connectivity index (χ1v) is 17.7. The van der Waals surface area contributed by atoms with Gasteiger partial charge in [0.25, 0.3) is 0 Å². The minimum Gasteiger partial charge on any atom is -0.456 e. The molecule has 0 amide bonds. The van der Waals surface area contributed by atoms with Gasteiger partial charge in [-0.05, 0) is 116 Å². The van der Waals surface area contributed by atoms with Gasteiger partial charge in [0, 0.05) is 27.8 Å². The molecule has 10 rings (SSSR count). The zero-order valence-corrected chi connectivity index (χ0v) is 28.4. The molecule has 0 bridgehead atoms. The van der Waals surface area contributed by atoms with E-state index in [1.54, 1.807) is 0 Å². The molecule has 9 aromatic carbocycles. The van der Waals surface area contributed by atoms with Crippen LogP contribution in [0.3, 0.4) is 0 Å². The van der Waals surface area contributed by atoms with Gasteiger partial charge in [-0.25, -0.2) is 0 Å². The summed E-state index contributed by atoms with van der Waals surface area (Å²) in [6, 6.07) is 71.8. The lowest BCUT2D eigenvalue weighted by Gasteiger charge is -2.26. The molecular formula is C50H33NO. The molecular weight excluding hydrogens is 631 g/mol. The van der Waals surface area contributed by atoms with E-state index >= 15 is 0 Å². The van der Waals surface area contributed by atoms with Crippen molar-refractivity contribution in [2.75, 3.05) is 4.90 Å². The molecule has 0 spiro atoms. The lowest BCUT2D eigenvalue weighted by molar-refractivity contribution is 0.669. The Morgan fingerprint density at radius 3 is 1.63 bits per heavy atom. The van der Waals surface area contributed by atoms with Gasteiger partial charge in [-0.1, -0.05) is 140 Å². The molecule has 0 N–H and O–H groups in total. The number of hydrogen-bond acceptors (Lipinski definition) is 2. The molecule has 2 heteroatoms. The standard InChI is InChI=1S/C50H33NO/c1-2-11-38-31-40(20-19-34(38)9-1)36-23-27-43(28-24-36)51(44-29-30-50-48(33-44)47-16-5-6-18-49(47)52-50)42-25-21-35(22-26-42)39-13-7-14-41(32-39)46-17-8-12-37-10-3-4-15-45(37)46/h1-33H. The van der Waals surface area contributed by atoms with Crippen LogP contribution < -0.4 is 4.90 Å². The van der Waals surface area contributed by atoms with Crippen molar-refractivity contribution in [3.05, 3.63) is 200 Å². The van der Waals surface area contributed by atoms with Crippen LogP contribution >= 0.6 is 0 Å². The number of anilines is 3. The summed E-state index contributed by atoms with van der Waals surface area (Å²) in [6.45, 7) is 0. The van der Waals surface area contributed by atoms with Gasteiger partial charge in [0.1, 0.15) is 11.2 Å². The summed E-state index contributed by atoms with van der Waals surface area (Å²) < 4.78 is 6.21. The highest BCUT2D eigenvalue weighted by atomic mass is 16.3. The van der Waals surface area contributed by atoms with E-state index in [-0.39, 0.29) is 0 Å². The second kappa shape index (κ2) is 12.5. The molecule has 0 radical (unpaired) electrons. The number of benzene rings is 9. The second-order valence-electron chi connectivity index (χ2n) is 13.4. The van der Waals surface area contributed by atoms with Crippen LogP contribution in [0.1, 0.15) is 0 Å². The average molecular weight is 664 g/mol. The monoisotopic (exact) mass is 663 g/mol. The maximum Gasteiger partial charge on any atom is 0.135 e. The fourth-order valence-electron chi connectivity index (χ4n) is 7.62. The average Bonchev–Trinajstić information content (AvgIpc) is 3.59. The van der Waals surface area contributed by atoms with Gasteiger partial charge in [0.05, 0.1) is 0 Å². The molecule has 1 heterocycles. The van der Waals surface area contributed by atoms with E-state index in [0.717, 1.165) is 39.0 Å². The third kappa shape index (κ3) is 5.30. The van der Waals surface area contributed by atoms with Crippen LogP contribution in [-0.4, -0.2) is 0 Å². The SMILES string of the molecule is c1cc(-c2ccc(N(c3ccc(-c4ccc5ccccc5c4)cc3)c3ccc4oc5ccccc5c4c3)cc2)cc(-c2cccc3ccccc23)c1. The molecule has 0 aliphatic carbocycles. The maximum atomic E-state index is 6.21. The van der Waals surface area contributed by atoms with Crippen molar-refractivity contribution >= 4 is 60.5 Å². The number of para-hydroxylation sites is 1. The molecule has 2 nitrogen and oxygen atoms in total. The minimum atomic E-state index is 0.887. The predicted octanol–water partition coefficient (Wildman–Crippen LogP) is 14.4. The first-order chi connectivity index (χ1) is 25.7. The Labute approximate surface area is 302 Å². The molecule has 52 heavy (non-hydrogen) atoms. The lowest BCUT2D eigenvalue weighted by atomic mass is 9.95. The molecule has 0 aliphatic heterocycles. The molecule has 0 unspecified atom stereocenters. The van der Waals surface area contributed by atoms with Crippen LogP contribution in [0.4, 0.5) is 17.1 Å². The number of furan rings is 1. The van der Waals surface area contributed by atoms with Crippen LogP contribution in [0.5, 0.6) is 0 Å². The molecule has 0 aliphatic rings. The van der Waals surface area contributed by atoms with Crippen LogP contribution in [0.2, 0.25) is 0 Å². The van der Waals surface area contributed by atoms with Crippen molar-refractivity contribution in [3.8, 4) is 33.4 Å². The summed E-state index contributed by atoms with van der Waals surface area (Å²) in [5, 5.41) is 7.23. The summed E-state index contributed by atoms with van der Waals surface area (Å²) in [5.41, 5.74) is 12.2. The van der Waals surface area contributed by atoms with Gasteiger partial charge in [-0.3, -0.25) is 0 Å². The molecule has 244 valence electrons. The molecule has 0 fully saturated rings. The van der Waals surface area contributed by atoms with E-state index in [2.05, 4.69) is 193 Å². The Bertz CT molecular complexity index is 2890. The van der Waals surface area contributed by atoms with E-state index in [1.807, 2.05) is 12.1 Å². The van der Waals surface area contributed by atoms with Gasteiger partial charge < -0.3 is 9.32 Å². The highest BCUT2D eigenvalue weighted by molar-refractivity contribution is 6.06. The minimum absolute atomic E-state index is 0.887. The summed E-state index contributed by atoms with van der Waals surface area (Å²) >= 11 is 0. The van der Waals surface area contributed by atoms with Crippen molar-refractivity contribution in [1.82, 2.24) is 0 Å². The largest absolute Gasteiger partial charge is 0.456 e. The summed E-state index contributed by atoms with van der Waals surface area (Å²) in [7, 11) is 0. The number of rotatable bonds is 6. The van der Waals surface area contributed by atoms with Crippen LogP contribution in [-0.2, 0) is 0 Å². The topological polar surface area (TPSA) is 16.4 Å². The Balaban J connectivity index is 1.05. The Morgan fingerprint density at radius 1 is 0.288 bits per heavy atom. The highest BCUT2D eigenvalue weighted by Gasteiger charge is 2.16. The molecule has 10 aromatic rings. The van der Waals surface area contributed by atoms with Crippen LogP contribution in [0.15, 0.2) is 205 Å². The predicted molar refractivity (Wildman–Crippen MR) is 220 cm³/mol. The molecule has 1 aromatic heterocycles. The van der Waals surface area contributed by atoms with E-state index < -0.39 is 0 Å². The molecule has 0 saturated heterocycles. The quantitative estimate of drug-likeness (QED) is 0.176. The maximum absolute atomic E-state index is 6.21. The molecule has 0 atom stereocenters. The van der Waals surface area contributed by atoms with Gasteiger partial charge in [-0.15, -0.1) is 0 Å². The zero-order chi connectivity index (χ0) is 34.4. The Hall–Kier alpha value is -6.90. The summed E-state index contributed by atoms with van der Waals surface area (Å²) in [4.78, 5) is 2.34. The van der Waals surface area contributed by atoms with Gasteiger partial charge in [0.15, 0.2) is 0 Å². The summed E-state index contributed by atoms with van der Waals surface area (Å²) in [6.07, 6.45) is 0. The lowest BCUT2D eigenvalue weighted by Crippen LogP contribution is -2.09. The van der Waals surface area contributed by atoms with Crippen LogP contribution in [0.25, 0.3) is 76.9 Å². The fraction of sp³-hybridized carbons (Fsp3) is 0. The number of fused-ring (bicyclic) bond motifs is 5. The van der Waals surface area contributed by atoms with Crippen molar-refractivity contribution in [3.63, 3.8) is 0 Å². The Kier molecular flexibility index (Phi) is 7.18. The second-order valence-corrected chi connectivity index (χ2v) is 13.4. The summed E-state index contributed by atoms with van der Waals surface area (Å²) in [5.74, 6) is 0. The third-order valence-corrected chi connectivity index (χ3v) is 10.2. The van der Waals surface area contributed by atoms with E-state index in [0.29, 0.717) is 0 Å². The molecule has 0 saturated carbocycles. The van der Waals surface area contributed by atoms with Crippen molar-refractivity contribution in [2.24, 2.45) is 0 Å². The van der Waals surface area contributed by atoms with Crippen molar-refractivity contribution < 1.29 is 4.42 Å². The third-order valence-electron chi connectivity index (χ3n) is 10.2. The first-order valence-electron chi connectivity index (χ1n) is 17.7. The number of hydrogen-bond donors (Lipinski definition) is 0. The van der Waals surface area contributed by atoms with E-state index in [9.17, 15) is 0 Å². The normalized spacial score (nSPS) is 11.5. The van der Waals surface area contributed by atoms with E-state index in [1.165, 1.54) is 54.9 Å². The van der Waals surface area contributed by atoms with Crippen LogP contribution in [0, 0.1) is 0 Å². The first kappa shape index (κ1) is 30.0. The van der Waals surface area contributed by atoms with Crippen molar-refractivity contribution in [1.29, 1.82) is 0 Å². The van der Waals surface area contributed by atoms with Gasteiger partial charge in [0.2, 0.25) is 0 Å². The van der Waals surface area contributed by atoms with E-state index in [4.69, 9.17) is 4.42 Å². The smallest absolute Gasteiger partial charge is 0.135 e. The zero-order valence-electron chi connectivity index (χ0n) is 28.4. The van der Waals surface area contributed by atoms with Gasteiger partial charge >= 0.3 is 0 Å². The van der Waals surface area contributed by atoms with Crippen molar-refractivity contribution in [2.45, 2.75) is 0 Å². The highest BCUT2D eigenvalue weighted by Crippen LogP contribution is 2.40. The van der Waals surface area contributed by atoms with Gasteiger partial charge in [-0.2, -0.15) is 0 Å². The number of nitrogens with zero attached hydrogens (tertiary/aromatic N) is 1. The fourth-order valence-corrected chi connectivity index (χ4v) is 7.62.